The Morgan fingerprint density at radius 1 is 1.27 bits per heavy atom. The number of hydrogen-bond donors (Lipinski definition) is 1. The minimum absolute atomic E-state index is 0.132. The maximum absolute atomic E-state index is 12.0. The first-order valence-corrected chi connectivity index (χ1v) is 9.40. The Morgan fingerprint density at radius 2 is 2.14 bits per heavy atom. The highest BCUT2D eigenvalue weighted by Crippen LogP contribution is 2.23. The van der Waals surface area contributed by atoms with E-state index in [9.17, 15) is 4.79 Å². The van der Waals surface area contributed by atoms with Crippen molar-refractivity contribution in [2.45, 2.75) is 17.9 Å². The summed E-state index contributed by atoms with van der Waals surface area (Å²) in [5.74, 6) is 1.04. The van der Waals surface area contributed by atoms with Crippen LogP contribution in [0.3, 0.4) is 0 Å². The van der Waals surface area contributed by atoms with Gasteiger partial charge in [-0.1, -0.05) is 18.2 Å². The SMILES string of the molecule is O=C(CN1CCc2sccc2C1)NCCSc1ccccc1. The van der Waals surface area contributed by atoms with Gasteiger partial charge in [-0.15, -0.1) is 23.1 Å². The van der Waals surface area contributed by atoms with E-state index in [1.165, 1.54) is 15.3 Å². The number of nitrogens with zero attached hydrogens (tertiary/aromatic N) is 1. The minimum atomic E-state index is 0.132. The lowest BCUT2D eigenvalue weighted by atomic mass is 10.1. The Hall–Kier alpha value is -1.30. The molecule has 3 nitrogen and oxygen atoms in total. The smallest absolute Gasteiger partial charge is 0.234 e. The number of nitrogens with one attached hydrogen (secondary N) is 1. The Bertz CT molecular complexity index is 612. The third-order valence-electron chi connectivity index (χ3n) is 3.69. The standard InChI is InChI=1S/C17H20N2OS2/c20-17(18-8-11-21-15-4-2-1-3-5-15)13-19-9-6-16-14(12-19)7-10-22-16/h1-5,7,10H,6,8-9,11-13H2,(H,18,20). The van der Waals surface area contributed by atoms with Gasteiger partial charge in [-0.25, -0.2) is 0 Å². The first-order valence-electron chi connectivity index (χ1n) is 7.53. The van der Waals surface area contributed by atoms with E-state index in [2.05, 4.69) is 33.8 Å². The first-order chi connectivity index (χ1) is 10.8. The lowest BCUT2D eigenvalue weighted by Gasteiger charge is -2.26. The van der Waals surface area contributed by atoms with Crippen molar-refractivity contribution in [1.82, 2.24) is 10.2 Å². The average Bonchev–Trinajstić information content (AvgIpc) is 3.00. The van der Waals surface area contributed by atoms with Crippen molar-refractivity contribution < 1.29 is 4.79 Å². The van der Waals surface area contributed by atoms with E-state index in [1.807, 2.05) is 29.5 Å². The molecule has 0 unspecified atom stereocenters. The summed E-state index contributed by atoms with van der Waals surface area (Å²) in [6.45, 7) is 3.12. The van der Waals surface area contributed by atoms with E-state index < -0.39 is 0 Å². The van der Waals surface area contributed by atoms with Crippen LogP contribution in [0.1, 0.15) is 10.4 Å². The molecule has 1 aromatic heterocycles. The fourth-order valence-electron chi connectivity index (χ4n) is 2.58. The number of carbonyl (C=O) groups excluding carboxylic acids is 1. The molecule has 1 aromatic carbocycles. The molecule has 3 rings (SSSR count). The number of thioether (sulfide) groups is 1. The van der Waals surface area contributed by atoms with Gasteiger partial charge in [0.25, 0.3) is 0 Å². The summed E-state index contributed by atoms with van der Waals surface area (Å²) in [4.78, 5) is 17.0. The molecule has 0 radical (unpaired) electrons. The van der Waals surface area contributed by atoms with Crippen molar-refractivity contribution in [1.29, 1.82) is 0 Å². The molecule has 1 aliphatic rings. The van der Waals surface area contributed by atoms with Gasteiger partial charge in [0.2, 0.25) is 5.91 Å². The summed E-state index contributed by atoms with van der Waals surface area (Å²) in [7, 11) is 0. The number of carbonyl (C=O) groups is 1. The summed E-state index contributed by atoms with van der Waals surface area (Å²) in [5, 5.41) is 5.17. The fraction of sp³-hybridized carbons (Fsp3) is 0.353. The van der Waals surface area contributed by atoms with E-state index in [-0.39, 0.29) is 5.91 Å². The minimum Gasteiger partial charge on any atom is -0.354 e. The van der Waals surface area contributed by atoms with Crippen LogP contribution in [0.25, 0.3) is 0 Å². The summed E-state index contributed by atoms with van der Waals surface area (Å²) in [6, 6.07) is 12.5. The van der Waals surface area contributed by atoms with Crippen LogP contribution in [0.4, 0.5) is 0 Å². The van der Waals surface area contributed by atoms with Crippen molar-refractivity contribution in [3.05, 3.63) is 52.2 Å². The van der Waals surface area contributed by atoms with Gasteiger partial charge in [0, 0.05) is 35.2 Å². The molecule has 22 heavy (non-hydrogen) atoms. The van der Waals surface area contributed by atoms with E-state index in [4.69, 9.17) is 0 Å². The Kier molecular flexibility index (Phi) is 5.53. The molecule has 1 amide bonds. The molecule has 0 fully saturated rings. The zero-order valence-corrected chi connectivity index (χ0v) is 14.1. The van der Waals surface area contributed by atoms with Gasteiger partial charge in [0.1, 0.15) is 0 Å². The molecule has 0 saturated carbocycles. The maximum Gasteiger partial charge on any atom is 0.234 e. The second-order valence-electron chi connectivity index (χ2n) is 5.34. The van der Waals surface area contributed by atoms with Crippen molar-refractivity contribution in [2.75, 3.05) is 25.4 Å². The number of benzene rings is 1. The molecule has 1 aliphatic heterocycles. The molecular weight excluding hydrogens is 312 g/mol. The van der Waals surface area contributed by atoms with Crippen LogP contribution in [-0.2, 0) is 17.8 Å². The fourth-order valence-corrected chi connectivity index (χ4v) is 4.26. The molecular formula is C17H20N2OS2. The second kappa shape index (κ2) is 7.81. The highest BCUT2D eigenvalue weighted by Gasteiger charge is 2.18. The van der Waals surface area contributed by atoms with Crippen molar-refractivity contribution in [3.8, 4) is 0 Å². The van der Waals surface area contributed by atoms with Gasteiger partial charge >= 0.3 is 0 Å². The zero-order chi connectivity index (χ0) is 15.2. The summed E-state index contributed by atoms with van der Waals surface area (Å²) in [6.07, 6.45) is 1.07. The molecule has 1 N–H and O–H groups in total. The number of rotatable bonds is 6. The monoisotopic (exact) mass is 332 g/mol. The lowest BCUT2D eigenvalue weighted by molar-refractivity contribution is -0.122. The summed E-state index contributed by atoms with van der Waals surface area (Å²) in [5.41, 5.74) is 1.39. The van der Waals surface area contributed by atoms with Crippen LogP contribution in [0.5, 0.6) is 0 Å². The van der Waals surface area contributed by atoms with Crippen LogP contribution in [0.15, 0.2) is 46.7 Å². The van der Waals surface area contributed by atoms with Gasteiger partial charge in [-0.2, -0.15) is 0 Å². The number of hydrogen-bond acceptors (Lipinski definition) is 4. The topological polar surface area (TPSA) is 32.3 Å². The molecule has 0 aliphatic carbocycles. The molecule has 2 heterocycles. The van der Waals surface area contributed by atoms with Crippen LogP contribution in [0, 0.1) is 0 Å². The van der Waals surface area contributed by atoms with Crippen LogP contribution in [0.2, 0.25) is 0 Å². The van der Waals surface area contributed by atoms with Crippen LogP contribution >= 0.6 is 23.1 Å². The molecule has 0 bridgehead atoms. The zero-order valence-electron chi connectivity index (χ0n) is 12.5. The lowest BCUT2D eigenvalue weighted by Crippen LogP contribution is -2.40. The molecule has 2 aromatic rings. The summed E-state index contributed by atoms with van der Waals surface area (Å²) < 4.78 is 0. The van der Waals surface area contributed by atoms with E-state index in [0.717, 1.165) is 31.8 Å². The third-order valence-corrected chi connectivity index (χ3v) is 5.73. The number of thiophene rings is 1. The predicted octanol–water partition coefficient (Wildman–Crippen LogP) is 3.01. The van der Waals surface area contributed by atoms with E-state index in [0.29, 0.717) is 6.54 Å². The van der Waals surface area contributed by atoms with Crippen molar-refractivity contribution in [3.63, 3.8) is 0 Å². The van der Waals surface area contributed by atoms with Gasteiger partial charge in [-0.05, 0) is 35.6 Å². The quantitative estimate of drug-likeness (QED) is 0.652. The Balaban J connectivity index is 1.35. The van der Waals surface area contributed by atoms with Gasteiger partial charge < -0.3 is 5.32 Å². The average molecular weight is 332 g/mol. The highest BCUT2D eigenvalue weighted by molar-refractivity contribution is 7.99. The van der Waals surface area contributed by atoms with E-state index >= 15 is 0 Å². The molecule has 116 valence electrons. The second-order valence-corrected chi connectivity index (χ2v) is 7.51. The molecule has 0 atom stereocenters. The number of fused-ring (bicyclic) bond motifs is 1. The van der Waals surface area contributed by atoms with Crippen LogP contribution < -0.4 is 5.32 Å². The van der Waals surface area contributed by atoms with Crippen LogP contribution in [-0.4, -0.2) is 36.2 Å². The predicted molar refractivity (Wildman–Crippen MR) is 93.5 cm³/mol. The summed E-state index contributed by atoms with van der Waals surface area (Å²) >= 11 is 3.60. The van der Waals surface area contributed by atoms with Gasteiger partial charge in [0.15, 0.2) is 0 Å². The van der Waals surface area contributed by atoms with Crippen molar-refractivity contribution >= 4 is 29.0 Å². The van der Waals surface area contributed by atoms with Crippen molar-refractivity contribution in [2.24, 2.45) is 0 Å². The highest BCUT2D eigenvalue weighted by atomic mass is 32.2. The van der Waals surface area contributed by atoms with Gasteiger partial charge in [-0.3, -0.25) is 9.69 Å². The number of amides is 1. The Labute approximate surface area is 139 Å². The van der Waals surface area contributed by atoms with E-state index in [1.54, 1.807) is 11.8 Å². The Morgan fingerprint density at radius 3 is 3.00 bits per heavy atom. The molecule has 0 spiro atoms. The molecule has 5 heteroatoms. The van der Waals surface area contributed by atoms with Gasteiger partial charge in [0.05, 0.1) is 6.54 Å². The largest absolute Gasteiger partial charge is 0.354 e. The molecule has 0 saturated heterocycles. The first kappa shape index (κ1) is 15.6. The third kappa shape index (κ3) is 4.35. The normalized spacial score (nSPS) is 14.5. The maximum atomic E-state index is 12.0.